The number of aryl methyl sites for hydroxylation is 1. The van der Waals surface area contributed by atoms with Crippen LogP contribution in [0.15, 0.2) is 24.4 Å². The number of nitrogens with two attached hydrogens (primary N) is 1. The van der Waals surface area contributed by atoms with Crippen LogP contribution in [0.5, 0.6) is 0 Å². The van der Waals surface area contributed by atoms with E-state index < -0.39 is 0 Å². The zero-order valence-corrected chi connectivity index (χ0v) is 10.6. The molecular formula is C14H18N4. The van der Waals surface area contributed by atoms with Crippen molar-refractivity contribution < 1.29 is 0 Å². The van der Waals surface area contributed by atoms with Crippen molar-refractivity contribution in [3.63, 3.8) is 0 Å². The smallest absolute Gasteiger partial charge is 0.131 e. The molecule has 0 radical (unpaired) electrons. The van der Waals surface area contributed by atoms with Crippen LogP contribution < -0.4 is 5.73 Å². The third kappa shape index (κ3) is 1.88. The number of pyridine rings is 1. The Balaban J connectivity index is 2.00. The Morgan fingerprint density at radius 1 is 1.39 bits per heavy atom. The van der Waals surface area contributed by atoms with Crippen LogP contribution in [0, 0.1) is 5.92 Å². The van der Waals surface area contributed by atoms with Gasteiger partial charge in [-0.2, -0.15) is 5.10 Å². The molecule has 1 aliphatic carbocycles. The number of hydrogen-bond acceptors (Lipinski definition) is 3. The van der Waals surface area contributed by atoms with E-state index in [0.717, 1.165) is 29.3 Å². The SMILES string of the molecule is Cn1nc(CC2CCC2)c(-c2ccccn2)c1N. The van der Waals surface area contributed by atoms with Gasteiger partial charge in [0.25, 0.3) is 0 Å². The maximum Gasteiger partial charge on any atom is 0.131 e. The highest BCUT2D eigenvalue weighted by molar-refractivity contribution is 5.73. The van der Waals surface area contributed by atoms with Gasteiger partial charge < -0.3 is 5.73 Å². The van der Waals surface area contributed by atoms with E-state index in [1.165, 1.54) is 19.3 Å². The lowest BCUT2D eigenvalue weighted by Gasteiger charge is -2.24. The molecule has 0 saturated heterocycles. The molecule has 0 aliphatic heterocycles. The molecule has 0 spiro atoms. The van der Waals surface area contributed by atoms with Gasteiger partial charge in [-0.1, -0.05) is 25.3 Å². The Labute approximate surface area is 107 Å². The molecule has 1 aliphatic rings. The number of hydrogen-bond donors (Lipinski definition) is 1. The van der Waals surface area contributed by atoms with Gasteiger partial charge in [-0.25, -0.2) is 0 Å². The predicted octanol–water partition coefficient (Wildman–Crippen LogP) is 2.41. The minimum atomic E-state index is 0.711. The molecule has 18 heavy (non-hydrogen) atoms. The Morgan fingerprint density at radius 2 is 2.22 bits per heavy atom. The quantitative estimate of drug-likeness (QED) is 0.899. The van der Waals surface area contributed by atoms with Crippen LogP contribution in [0.25, 0.3) is 11.3 Å². The Bertz CT molecular complexity index is 540. The lowest BCUT2D eigenvalue weighted by atomic mass is 9.81. The van der Waals surface area contributed by atoms with Crippen LogP contribution in [-0.2, 0) is 13.5 Å². The average Bonchev–Trinajstić information content (AvgIpc) is 2.61. The maximum absolute atomic E-state index is 6.13. The van der Waals surface area contributed by atoms with Crippen molar-refractivity contribution in [3.05, 3.63) is 30.1 Å². The van der Waals surface area contributed by atoms with Gasteiger partial charge in [-0.05, 0) is 24.5 Å². The molecule has 4 nitrogen and oxygen atoms in total. The maximum atomic E-state index is 6.13. The summed E-state index contributed by atoms with van der Waals surface area (Å²) in [4.78, 5) is 4.40. The summed E-state index contributed by atoms with van der Waals surface area (Å²) in [6, 6.07) is 5.90. The van der Waals surface area contributed by atoms with E-state index in [1.54, 1.807) is 10.9 Å². The van der Waals surface area contributed by atoms with Gasteiger partial charge in [0.05, 0.1) is 17.0 Å². The van der Waals surface area contributed by atoms with Crippen molar-refractivity contribution in [2.24, 2.45) is 13.0 Å². The van der Waals surface area contributed by atoms with E-state index in [9.17, 15) is 0 Å². The number of aromatic nitrogens is 3. The monoisotopic (exact) mass is 242 g/mol. The second kappa shape index (κ2) is 4.44. The van der Waals surface area contributed by atoms with Crippen LogP contribution in [-0.4, -0.2) is 14.8 Å². The van der Waals surface area contributed by atoms with Crippen LogP contribution in [0.2, 0.25) is 0 Å². The van der Waals surface area contributed by atoms with Crippen molar-refractivity contribution in [2.75, 3.05) is 5.73 Å². The van der Waals surface area contributed by atoms with E-state index in [4.69, 9.17) is 5.73 Å². The third-order valence-electron chi connectivity index (χ3n) is 3.79. The minimum Gasteiger partial charge on any atom is -0.383 e. The average molecular weight is 242 g/mol. The van der Waals surface area contributed by atoms with Gasteiger partial charge in [0, 0.05) is 13.2 Å². The molecule has 0 bridgehead atoms. The lowest BCUT2D eigenvalue weighted by Crippen LogP contribution is -2.14. The van der Waals surface area contributed by atoms with E-state index in [2.05, 4.69) is 10.1 Å². The highest BCUT2D eigenvalue weighted by Gasteiger charge is 2.23. The third-order valence-corrected chi connectivity index (χ3v) is 3.79. The summed E-state index contributed by atoms with van der Waals surface area (Å²) in [6.07, 6.45) is 6.81. The fourth-order valence-electron chi connectivity index (χ4n) is 2.50. The van der Waals surface area contributed by atoms with Gasteiger partial charge in [0.1, 0.15) is 5.82 Å². The lowest BCUT2D eigenvalue weighted by molar-refractivity contribution is 0.311. The topological polar surface area (TPSA) is 56.7 Å². The normalized spacial score (nSPS) is 15.6. The summed E-state index contributed by atoms with van der Waals surface area (Å²) in [6.45, 7) is 0. The predicted molar refractivity (Wildman–Crippen MR) is 71.9 cm³/mol. The molecule has 1 saturated carbocycles. The fourth-order valence-corrected chi connectivity index (χ4v) is 2.50. The molecule has 0 amide bonds. The summed E-state index contributed by atoms with van der Waals surface area (Å²) >= 11 is 0. The summed E-state index contributed by atoms with van der Waals surface area (Å²) < 4.78 is 1.76. The van der Waals surface area contributed by atoms with Gasteiger partial charge in [-0.3, -0.25) is 9.67 Å². The molecular weight excluding hydrogens is 224 g/mol. The summed E-state index contributed by atoms with van der Waals surface area (Å²) in [5, 5.41) is 4.56. The molecule has 2 N–H and O–H groups in total. The Hall–Kier alpha value is -1.84. The first-order valence-electron chi connectivity index (χ1n) is 6.48. The molecule has 0 atom stereocenters. The molecule has 0 aromatic carbocycles. The summed E-state index contributed by atoms with van der Waals surface area (Å²) in [5.41, 5.74) is 9.17. The number of anilines is 1. The zero-order valence-electron chi connectivity index (χ0n) is 10.6. The molecule has 2 aromatic heterocycles. The van der Waals surface area contributed by atoms with Crippen molar-refractivity contribution in [1.82, 2.24) is 14.8 Å². The van der Waals surface area contributed by atoms with Crippen LogP contribution in [0.1, 0.15) is 25.0 Å². The number of nitrogen functional groups attached to an aromatic ring is 1. The van der Waals surface area contributed by atoms with Crippen molar-refractivity contribution in [2.45, 2.75) is 25.7 Å². The standard InChI is InChI=1S/C14H18N4/c1-18-14(15)13(11-7-2-3-8-16-11)12(17-18)9-10-5-4-6-10/h2-3,7-8,10H,4-6,9,15H2,1H3. The summed E-state index contributed by atoms with van der Waals surface area (Å²) in [5.74, 6) is 1.49. The van der Waals surface area contributed by atoms with Crippen molar-refractivity contribution in [1.29, 1.82) is 0 Å². The van der Waals surface area contributed by atoms with Crippen molar-refractivity contribution in [3.8, 4) is 11.3 Å². The highest BCUT2D eigenvalue weighted by Crippen LogP contribution is 2.34. The van der Waals surface area contributed by atoms with Gasteiger partial charge >= 0.3 is 0 Å². The highest BCUT2D eigenvalue weighted by atomic mass is 15.3. The minimum absolute atomic E-state index is 0.711. The van der Waals surface area contributed by atoms with Crippen LogP contribution in [0.4, 0.5) is 5.82 Å². The largest absolute Gasteiger partial charge is 0.383 e. The molecule has 94 valence electrons. The van der Waals surface area contributed by atoms with E-state index in [-0.39, 0.29) is 0 Å². The first-order chi connectivity index (χ1) is 8.75. The second-order valence-electron chi connectivity index (χ2n) is 5.05. The van der Waals surface area contributed by atoms with Crippen LogP contribution in [0.3, 0.4) is 0 Å². The Kier molecular flexibility index (Phi) is 2.78. The van der Waals surface area contributed by atoms with Gasteiger partial charge in [-0.15, -0.1) is 0 Å². The summed E-state index contributed by atoms with van der Waals surface area (Å²) in [7, 11) is 1.89. The van der Waals surface area contributed by atoms with E-state index in [1.807, 2.05) is 25.2 Å². The first-order valence-corrected chi connectivity index (χ1v) is 6.48. The number of nitrogens with zero attached hydrogens (tertiary/aromatic N) is 3. The molecule has 1 fully saturated rings. The molecule has 3 rings (SSSR count). The molecule has 2 heterocycles. The zero-order chi connectivity index (χ0) is 12.5. The van der Waals surface area contributed by atoms with E-state index in [0.29, 0.717) is 5.82 Å². The van der Waals surface area contributed by atoms with E-state index >= 15 is 0 Å². The van der Waals surface area contributed by atoms with Gasteiger partial charge in [0.2, 0.25) is 0 Å². The molecule has 0 unspecified atom stereocenters. The first kappa shape index (κ1) is 11.3. The van der Waals surface area contributed by atoms with Crippen molar-refractivity contribution >= 4 is 5.82 Å². The van der Waals surface area contributed by atoms with Gasteiger partial charge in [0.15, 0.2) is 0 Å². The Morgan fingerprint density at radius 3 is 2.83 bits per heavy atom. The molecule has 2 aromatic rings. The fraction of sp³-hybridized carbons (Fsp3) is 0.429. The van der Waals surface area contributed by atoms with Crippen LogP contribution >= 0.6 is 0 Å². The molecule has 4 heteroatoms. The number of rotatable bonds is 3. The second-order valence-corrected chi connectivity index (χ2v) is 5.05.